The van der Waals surface area contributed by atoms with Crippen molar-refractivity contribution in [2.45, 2.75) is 12.5 Å². The molecular formula is C6H12N2O2. The lowest BCUT2D eigenvalue weighted by molar-refractivity contribution is 0.0153. The Hall–Kier alpha value is -0.770. The van der Waals surface area contributed by atoms with Crippen LogP contribution in [-0.4, -0.2) is 31.9 Å². The molecule has 0 aromatic rings. The summed E-state index contributed by atoms with van der Waals surface area (Å²) < 4.78 is 10.1. The first-order chi connectivity index (χ1) is 4.66. The number of rotatable bonds is 2. The van der Waals surface area contributed by atoms with Gasteiger partial charge >= 0.3 is 0 Å². The van der Waals surface area contributed by atoms with Crippen LogP contribution in [0, 0.1) is 0 Å². The third-order valence-electron chi connectivity index (χ3n) is 1.37. The monoisotopic (exact) mass is 144 g/mol. The Morgan fingerprint density at radius 2 is 2.60 bits per heavy atom. The highest BCUT2D eigenvalue weighted by atomic mass is 16.6. The standard InChI is InChI=1S/C6H12N2O2/c1-6(4-9-2)3-8-5(7)10-6/h3-4H2,1-2H3,(H2,7,8). The quantitative estimate of drug-likeness (QED) is 0.580. The van der Waals surface area contributed by atoms with Crippen molar-refractivity contribution in [3.05, 3.63) is 0 Å². The maximum absolute atomic E-state index is 5.31. The van der Waals surface area contributed by atoms with Gasteiger partial charge in [0.15, 0.2) is 5.60 Å². The van der Waals surface area contributed by atoms with Crippen LogP contribution in [0.3, 0.4) is 0 Å². The largest absolute Gasteiger partial charge is 0.455 e. The van der Waals surface area contributed by atoms with E-state index in [4.69, 9.17) is 15.2 Å². The molecule has 1 rings (SSSR count). The van der Waals surface area contributed by atoms with Gasteiger partial charge in [0.2, 0.25) is 0 Å². The highest BCUT2D eigenvalue weighted by Crippen LogP contribution is 2.16. The van der Waals surface area contributed by atoms with Crippen molar-refractivity contribution in [3.8, 4) is 0 Å². The second-order valence-corrected chi connectivity index (χ2v) is 2.64. The fraction of sp³-hybridized carbons (Fsp3) is 0.833. The van der Waals surface area contributed by atoms with Gasteiger partial charge in [-0.1, -0.05) is 0 Å². The van der Waals surface area contributed by atoms with E-state index in [1.165, 1.54) is 0 Å². The highest BCUT2D eigenvalue weighted by molar-refractivity contribution is 5.73. The zero-order chi connectivity index (χ0) is 7.61. The second-order valence-electron chi connectivity index (χ2n) is 2.64. The summed E-state index contributed by atoms with van der Waals surface area (Å²) in [5.41, 5.74) is 4.98. The molecule has 0 saturated carbocycles. The normalized spacial score (nSPS) is 31.6. The van der Waals surface area contributed by atoms with E-state index in [-0.39, 0.29) is 11.6 Å². The van der Waals surface area contributed by atoms with Crippen molar-refractivity contribution in [3.63, 3.8) is 0 Å². The molecule has 58 valence electrons. The molecule has 0 aliphatic carbocycles. The summed E-state index contributed by atoms with van der Waals surface area (Å²) in [4.78, 5) is 3.90. The average Bonchev–Trinajstić information content (AvgIpc) is 2.12. The third-order valence-corrected chi connectivity index (χ3v) is 1.37. The fourth-order valence-corrected chi connectivity index (χ4v) is 0.943. The average molecular weight is 144 g/mol. The molecule has 0 aromatic heterocycles. The van der Waals surface area contributed by atoms with Crippen LogP contribution in [-0.2, 0) is 9.47 Å². The van der Waals surface area contributed by atoms with E-state index in [1.54, 1.807) is 7.11 Å². The van der Waals surface area contributed by atoms with E-state index in [9.17, 15) is 0 Å². The van der Waals surface area contributed by atoms with E-state index in [0.717, 1.165) is 0 Å². The summed E-state index contributed by atoms with van der Waals surface area (Å²) in [5, 5.41) is 0. The van der Waals surface area contributed by atoms with Crippen LogP contribution >= 0.6 is 0 Å². The molecule has 1 atom stereocenters. The van der Waals surface area contributed by atoms with Crippen molar-refractivity contribution in [2.24, 2.45) is 10.7 Å². The van der Waals surface area contributed by atoms with Crippen LogP contribution in [0.15, 0.2) is 4.99 Å². The van der Waals surface area contributed by atoms with Crippen LogP contribution in [0.4, 0.5) is 0 Å². The van der Waals surface area contributed by atoms with Crippen LogP contribution < -0.4 is 5.73 Å². The molecule has 0 bridgehead atoms. The van der Waals surface area contributed by atoms with Crippen LogP contribution in [0.2, 0.25) is 0 Å². The predicted molar refractivity (Wildman–Crippen MR) is 37.9 cm³/mol. The molecule has 0 saturated heterocycles. The second kappa shape index (κ2) is 2.46. The first-order valence-corrected chi connectivity index (χ1v) is 3.14. The number of hydrogen-bond acceptors (Lipinski definition) is 4. The first-order valence-electron chi connectivity index (χ1n) is 3.14. The summed E-state index contributed by atoms with van der Waals surface area (Å²) in [6.07, 6.45) is 0. The maximum Gasteiger partial charge on any atom is 0.282 e. The van der Waals surface area contributed by atoms with Crippen molar-refractivity contribution in [1.82, 2.24) is 0 Å². The molecule has 4 heteroatoms. The maximum atomic E-state index is 5.31. The number of aliphatic imine (C=N–C) groups is 1. The molecule has 0 spiro atoms. The van der Waals surface area contributed by atoms with Crippen molar-refractivity contribution in [1.29, 1.82) is 0 Å². The minimum Gasteiger partial charge on any atom is -0.455 e. The lowest BCUT2D eigenvalue weighted by Gasteiger charge is -2.20. The fourth-order valence-electron chi connectivity index (χ4n) is 0.943. The zero-order valence-electron chi connectivity index (χ0n) is 6.26. The third kappa shape index (κ3) is 1.39. The minimum absolute atomic E-state index is 0.263. The Morgan fingerprint density at radius 3 is 3.00 bits per heavy atom. The van der Waals surface area contributed by atoms with E-state index in [2.05, 4.69) is 4.99 Å². The Morgan fingerprint density at radius 1 is 1.90 bits per heavy atom. The molecular weight excluding hydrogens is 132 g/mol. The molecule has 1 unspecified atom stereocenters. The van der Waals surface area contributed by atoms with Gasteiger partial charge < -0.3 is 15.2 Å². The molecule has 1 heterocycles. The van der Waals surface area contributed by atoms with E-state index >= 15 is 0 Å². The number of ether oxygens (including phenoxy) is 2. The number of nitrogens with two attached hydrogens (primary N) is 1. The number of methoxy groups -OCH3 is 1. The summed E-state index contributed by atoms with van der Waals surface area (Å²) in [6, 6.07) is 0.263. The van der Waals surface area contributed by atoms with Crippen molar-refractivity contribution in [2.75, 3.05) is 20.3 Å². The zero-order valence-corrected chi connectivity index (χ0v) is 6.26. The van der Waals surface area contributed by atoms with E-state index < -0.39 is 0 Å². The van der Waals surface area contributed by atoms with Crippen molar-refractivity contribution < 1.29 is 9.47 Å². The van der Waals surface area contributed by atoms with Gasteiger partial charge in [0.05, 0.1) is 13.2 Å². The van der Waals surface area contributed by atoms with Crippen LogP contribution in [0.1, 0.15) is 6.92 Å². The number of amidine groups is 1. The van der Waals surface area contributed by atoms with Gasteiger partial charge in [0.1, 0.15) is 0 Å². The van der Waals surface area contributed by atoms with E-state index in [0.29, 0.717) is 13.2 Å². The highest BCUT2D eigenvalue weighted by Gasteiger charge is 2.31. The summed E-state index contributed by atoms with van der Waals surface area (Å²) in [6.45, 7) is 3.03. The topological polar surface area (TPSA) is 56.8 Å². The molecule has 4 nitrogen and oxygen atoms in total. The Balaban J connectivity index is 2.44. The lowest BCUT2D eigenvalue weighted by Crippen LogP contribution is -2.35. The summed E-state index contributed by atoms with van der Waals surface area (Å²) in [7, 11) is 1.63. The molecule has 0 fully saturated rings. The summed E-state index contributed by atoms with van der Waals surface area (Å²) in [5.74, 6) is 0. The van der Waals surface area contributed by atoms with Gasteiger partial charge in [-0.05, 0) is 6.92 Å². The molecule has 0 radical (unpaired) electrons. The first kappa shape index (κ1) is 7.34. The van der Waals surface area contributed by atoms with Crippen LogP contribution in [0.5, 0.6) is 0 Å². The minimum atomic E-state index is -0.334. The number of hydrogen-bond donors (Lipinski definition) is 1. The van der Waals surface area contributed by atoms with E-state index in [1.807, 2.05) is 6.92 Å². The lowest BCUT2D eigenvalue weighted by atomic mass is 10.1. The van der Waals surface area contributed by atoms with Gasteiger partial charge in [-0.25, -0.2) is 4.99 Å². The van der Waals surface area contributed by atoms with Gasteiger partial charge in [0, 0.05) is 7.11 Å². The molecule has 0 amide bonds. The van der Waals surface area contributed by atoms with Gasteiger partial charge in [-0.3, -0.25) is 0 Å². The SMILES string of the molecule is COCC1(C)CN=C(N)O1. The van der Waals surface area contributed by atoms with Crippen molar-refractivity contribution >= 4 is 6.02 Å². The predicted octanol–water partition coefficient (Wildman–Crippen LogP) is -0.264. The van der Waals surface area contributed by atoms with Gasteiger partial charge in [-0.2, -0.15) is 0 Å². The number of nitrogens with zero attached hydrogens (tertiary/aromatic N) is 1. The Labute approximate surface area is 60.0 Å². The van der Waals surface area contributed by atoms with Gasteiger partial charge in [-0.15, -0.1) is 0 Å². The molecule has 1 aliphatic heterocycles. The molecule has 2 N–H and O–H groups in total. The molecule has 1 aliphatic rings. The molecule has 0 aromatic carbocycles. The summed E-state index contributed by atoms with van der Waals surface area (Å²) >= 11 is 0. The Kier molecular flexibility index (Phi) is 1.80. The smallest absolute Gasteiger partial charge is 0.282 e. The Bertz CT molecular complexity index is 158. The van der Waals surface area contributed by atoms with Crippen LogP contribution in [0.25, 0.3) is 0 Å². The van der Waals surface area contributed by atoms with Gasteiger partial charge in [0.25, 0.3) is 6.02 Å². The molecule has 10 heavy (non-hydrogen) atoms.